The molecule has 2 aliphatic rings. The molecule has 0 aliphatic carbocycles. The van der Waals surface area contributed by atoms with Gasteiger partial charge in [0.2, 0.25) is 0 Å². The van der Waals surface area contributed by atoms with Crippen LogP contribution >= 0.6 is 0 Å². The van der Waals surface area contributed by atoms with E-state index in [9.17, 15) is 8.78 Å². The maximum atomic E-state index is 14.1. The minimum absolute atomic E-state index is 0.557. The van der Waals surface area contributed by atoms with Crippen LogP contribution in [0.4, 0.5) is 14.6 Å². The third-order valence-corrected chi connectivity index (χ3v) is 6.56. The normalized spacial score (nSPS) is 20.9. The number of likely N-dealkylation sites (tertiary alicyclic amines) is 1. The molecule has 2 unspecified atom stereocenters. The second-order valence-electron chi connectivity index (χ2n) is 8.70. The van der Waals surface area contributed by atoms with Gasteiger partial charge in [-0.3, -0.25) is 0 Å². The van der Waals surface area contributed by atoms with Gasteiger partial charge in [-0.05, 0) is 48.7 Å². The lowest BCUT2D eigenvalue weighted by Crippen LogP contribution is -2.27. The highest BCUT2D eigenvalue weighted by Crippen LogP contribution is 2.36. The third kappa shape index (κ3) is 3.12. The van der Waals surface area contributed by atoms with Gasteiger partial charge < -0.3 is 9.80 Å². The summed E-state index contributed by atoms with van der Waals surface area (Å²) in [4.78, 5) is 9.24. The highest BCUT2D eigenvalue weighted by atomic mass is 19.2. The molecular weight excluding hydrogens is 412 g/mol. The van der Waals surface area contributed by atoms with Crippen LogP contribution in [0.2, 0.25) is 0 Å². The molecule has 0 saturated carbocycles. The van der Waals surface area contributed by atoms with Crippen molar-refractivity contribution < 1.29 is 8.78 Å². The average molecular weight is 433 g/mol. The number of hydrogen-bond acceptors (Lipinski definition) is 6. The van der Waals surface area contributed by atoms with Crippen molar-refractivity contribution in [2.75, 3.05) is 38.1 Å². The summed E-state index contributed by atoms with van der Waals surface area (Å²) < 4.78 is 29.5. The van der Waals surface area contributed by atoms with Crippen molar-refractivity contribution in [3.8, 4) is 22.4 Å². The van der Waals surface area contributed by atoms with Gasteiger partial charge in [0.05, 0.1) is 24.3 Å². The predicted molar refractivity (Wildman–Crippen MR) is 116 cm³/mol. The molecule has 2 saturated heterocycles. The predicted octanol–water partition coefficient (Wildman–Crippen LogP) is 3.13. The van der Waals surface area contributed by atoms with Crippen molar-refractivity contribution in [2.45, 2.75) is 0 Å². The molecule has 0 radical (unpaired) electrons. The zero-order valence-corrected chi connectivity index (χ0v) is 17.5. The van der Waals surface area contributed by atoms with Gasteiger partial charge in [0, 0.05) is 37.3 Å². The lowest BCUT2D eigenvalue weighted by molar-refractivity contribution is 0.386. The van der Waals surface area contributed by atoms with E-state index in [2.05, 4.69) is 32.0 Å². The fourth-order valence-electron chi connectivity index (χ4n) is 5.04. The minimum atomic E-state index is -0.886. The van der Waals surface area contributed by atoms with Crippen LogP contribution in [0, 0.1) is 23.5 Å². The van der Waals surface area contributed by atoms with Crippen LogP contribution in [0.3, 0.4) is 0 Å². The van der Waals surface area contributed by atoms with E-state index in [4.69, 9.17) is 5.10 Å². The molecule has 2 atom stereocenters. The Balaban J connectivity index is 1.51. The number of rotatable bonds is 3. The quantitative estimate of drug-likeness (QED) is 0.495. The van der Waals surface area contributed by atoms with Crippen LogP contribution in [0.25, 0.3) is 28.0 Å². The van der Waals surface area contributed by atoms with Gasteiger partial charge in [0.15, 0.2) is 17.3 Å². The van der Waals surface area contributed by atoms with E-state index >= 15 is 0 Å². The van der Waals surface area contributed by atoms with Gasteiger partial charge >= 0.3 is 0 Å². The van der Waals surface area contributed by atoms with E-state index in [1.165, 1.54) is 6.07 Å². The van der Waals surface area contributed by atoms with Crippen molar-refractivity contribution in [3.05, 3.63) is 60.6 Å². The number of halogens is 2. The molecule has 32 heavy (non-hydrogen) atoms. The molecule has 0 N–H and O–H groups in total. The molecule has 2 aliphatic heterocycles. The van der Waals surface area contributed by atoms with Crippen LogP contribution in [-0.4, -0.2) is 62.9 Å². The number of aromatic nitrogens is 5. The van der Waals surface area contributed by atoms with Crippen LogP contribution in [0.15, 0.2) is 48.9 Å². The molecule has 0 amide bonds. The summed E-state index contributed by atoms with van der Waals surface area (Å²) in [7, 11) is 2.16. The van der Waals surface area contributed by atoms with Crippen LogP contribution in [0.5, 0.6) is 0 Å². The summed E-state index contributed by atoms with van der Waals surface area (Å²) in [6.07, 6.45) is 5.00. The summed E-state index contributed by atoms with van der Waals surface area (Å²) in [6, 6.07) is 7.72. The number of benzene rings is 1. The summed E-state index contributed by atoms with van der Waals surface area (Å²) in [5, 5.41) is 12.7. The standard InChI is InChI=1S/C23H21F2N7/c1-30-10-16-12-31(13-17(16)11-30)22-7-18(14-2-3-19(24)20(25)6-14)23-26-9-21(32(23)29-22)15-4-5-27-28-8-15/h2-9,16-17H,10-13H2,1H3. The van der Waals surface area contributed by atoms with Crippen LogP contribution in [0.1, 0.15) is 0 Å². The first-order valence-corrected chi connectivity index (χ1v) is 10.6. The fraction of sp³-hybridized carbons (Fsp3) is 0.304. The Morgan fingerprint density at radius 1 is 0.875 bits per heavy atom. The van der Waals surface area contributed by atoms with Crippen LogP contribution < -0.4 is 4.90 Å². The molecule has 5 heterocycles. The largest absolute Gasteiger partial charge is 0.354 e. The summed E-state index contributed by atoms with van der Waals surface area (Å²) in [6.45, 7) is 4.01. The monoisotopic (exact) mass is 433 g/mol. The second kappa shape index (κ2) is 7.30. The molecular formula is C23H21F2N7. The molecule has 162 valence electrons. The van der Waals surface area contributed by atoms with E-state index in [1.807, 2.05) is 12.1 Å². The lowest BCUT2D eigenvalue weighted by atomic mass is 10.0. The van der Waals surface area contributed by atoms with Gasteiger partial charge in [-0.2, -0.15) is 10.2 Å². The second-order valence-corrected chi connectivity index (χ2v) is 8.70. The first-order valence-electron chi connectivity index (χ1n) is 10.6. The summed E-state index contributed by atoms with van der Waals surface area (Å²) in [5.74, 6) is 0.257. The highest BCUT2D eigenvalue weighted by Gasteiger charge is 2.39. The van der Waals surface area contributed by atoms with Gasteiger partial charge in [-0.15, -0.1) is 5.10 Å². The summed E-state index contributed by atoms with van der Waals surface area (Å²) >= 11 is 0. The SMILES string of the molecule is CN1CC2CN(c3cc(-c4ccc(F)c(F)c4)c4ncc(-c5ccnnc5)n4n3)CC2C1. The van der Waals surface area contributed by atoms with Crippen molar-refractivity contribution >= 4 is 11.5 Å². The Bertz CT molecular complexity index is 1290. The van der Waals surface area contributed by atoms with Gasteiger partial charge in [0.25, 0.3) is 0 Å². The van der Waals surface area contributed by atoms with Crippen molar-refractivity contribution in [1.29, 1.82) is 0 Å². The van der Waals surface area contributed by atoms with Gasteiger partial charge in [-0.1, -0.05) is 6.07 Å². The molecule has 4 aromatic rings. The first-order chi connectivity index (χ1) is 15.6. The number of imidazole rings is 1. The molecule has 3 aromatic heterocycles. The number of hydrogen-bond donors (Lipinski definition) is 0. The molecule has 0 bridgehead atoms. The summed E-state index contributed by atoms with van der Waals surface area (Å²) in [5.41, 5.74) is 3.43. The lowest BCUT2D eigenvalue weighted by Gasteiger charge is -2.21. The van der Waals surface area contributed by atoms with E-state index < -0.39 is 11.6 Å². The number of anilines is 1. The van der Waals surface area contributed by atoms with E-state index in [0.29, 0.717) is 28.6 Å². The highest BCUT2D eigenvalue weighted by molar-refractivity contribution is 5.81. The Kier molecular flexibility index (Phi) is 4.39. The Morgan fingerprint density at radius 2 is 1.69 bits per heavy atom. The minimum Gasteiger partial charge on any atom is -0.354 e. The maximum absolute atomic E-state index is 14.1. The molecule has 0 spiro atoms. The average Bonchev–Trinajstić information content (AvgIpc) is 3.48. The van der Waals surface area contributed by atoms with E-state index in [-0.39, 0.29) is 0 Å². The van der Waals surface area contributed by atoms with Crippen molar-refractivity contribution in [3.63, 3.8) is 0 Å². The molecule has 2 fully saturated rings. The van der Waals surface area contributed by atoms with Crippen LogP contribution in [-0.2, 0) is 0 Å². The van der Waals surface area contributed by atoms with Crippen molar-refractivity contribution in [2.24, 2.45) is 11.8 Å². The van der Waals surface area contributed by atoms with Gasteiger partial charge in [-0.25, -0.2) is 18.3 Å². The zero-order valence-electron chi connectivity index (χ0n) is 17.5. The fourth-order valence-corrected chi connectivity index (χ4v) is 5.04. The smallest absolute Gasteiger partial charge is 0.162 e. The molecule has 1 aromatic carbocycles. The Labute approximate surface area is 183 Å². The molecule has 9 heteroatoms. The first kappa shape index (κ1) is 19.2. The third-order valence-electron chi connectivity index (χ3n) is 6.56. The van der Waals surface area contributed by atoms with Crippen molar-refractivity contribution in [1.82, 2.24) is 29.7 Å². The Hall–Kier alpha value is -3.46. The zero-order chi connectivity index (χ0) is 21.8. The van der Waals surface area contributed by atoms with E-state index in [0.717, 1.165) is 49.3 Å². The molecule has 6 rings (SSSR count). The number of nitrogens with zero attached hydrogens (tertiary/aromatic N) is 7. The number of fused-ring (bicyclic) bond motifs is 2. The Morgan fingerprint density at radius 3 is 2.41 bits per heavy atom. The van der Waals surface area contributed by atoms with E-state index in [1.54, 1.807) is 29.2 Å². The maximum Gasteiger partial charge on any atom is 0.162 e. The topological polar surface area (TPSA) is 62.5 Å². The van der Waals surface area contributed by atoms with Gasteiger partial charge in [0.1, 0.15) is 5.82 Å². The molecule has 7 nitrogen and oxygen atoms in total.